The van der Waals surface area contributed by atoms with E-state index in [4.69, 9.17) is 15.2 Å². The van der Waals surface area contributed by atoms with Gasteiger partial charge in [-0.25, -0.2) is 0 Å². The van der Waals surface area contributed by atoms with Crippen molar-refractivity contribution in [2.24, 2.45) is 11.7 Å². The number of likely N-dealkylation sites (tertiary alicyclic amines) is 1. The lowest BCUT2D eigenvalue weighted by atomic mass is 9.84. The Balaban J connectivity index is 1.90. The van der Waals surface area contributed by atoms with Crippen LogP contribution in [0.3, 0.4) is 0 Å². The summed E-state index contributed by atoms with van der Waals surface area (Å²) in [5.41, 5.74) is 7.37. The molecule has 1 aromatic rings. The van der Waals surface area contributed by atoms with Gasteiger partial charge in [-0.1, -0.05) is 13.0 Å². The minimum atomic E-state index is 0.416. The Labute approximate surface area is 127 Å². The maximum atomic E-state index is 6.04. The first-order valence-electron chi connectivity index (χ1n) is 8.17. The second-order valence-corrected chi connectivity index (χ2v) is 6.02. The SMILES string of the molecule is CCCN1CCCC(CN)C1c1ccc2c(c1)OCCO2. The number of nitrogens with zero attached hydrogens (tertiary/aromatic N) is 1. The average Bonchev–Trinajstić information content (AvgIpc) is 2.54. The number of ether oxygens (including phenoxy) is 2. The Morgan fingerprint density at radius 1 is 1.24 bits per heavy atom. The fourth-order valence-corrected chi connectivity index (χ4v) is 3.66. The van der Waals surface area contributed by atoms with E-state index in [0.717, 1.165) is 24.6 Å². The van der Waals surface area contributed by atoms with Crippen molar-refractivity contribution in [3.8, 4) is 11.5 Å². The Morgan fingerprint density at radius 3 is 2.81 bits per heavy atom. The molecule has 0 aromatic heterocycles. The first kappa shape index (κ1) is 14.7. The minimum absolute atomic E-state index is 0.416. The third-order valence-corrected chi connectivity index (χ3v) is 4.58. The van der Waals surface area contributed by atoms with E-state index in [1.54, 1.807) is 0 Å². The molecule has 0 radical (unpaired) electrons. The Bertz CT molecular complexity index is 476. The lowest BCUT2D eigenvalue weighted by Crippen LogP contribution is -2.42. The van der Waals surface area contributed by atoms with E-state index >= 15 is 0 Å². The minimum Gasteiger partial charge on any atom is -0.486 e. The lowest BCUT2D eigenvalue weighted by molar-refractivity contribution is 0.0953. The van der Waals surface area contributed by atoms with Gasteiger partial charge in [0, 0.05) is 6.04 Å². The standard InChI is InChI=1S/C17H26N2O2/c1-2-7-19-8-3-4-14(12-18)17(19)13-5-6-15-16(11-13)21-10-9-20-15/h5-6,11,14,17H,2-4,7-10,12,18H2,1H3. The van der Waals surface area contributed by atoms with Crippen LogP contribution in [-0.2, 0) is 0 Å². The zero-order valence-corrected chi connectivity index (χ0v) is 12.9. The molecule has 1 saturated heterocycles. The molecule has 4 heteroatoms. The van der Waals surface area contributed by atoms with Crippen LogP contribution in [-0.4, -0.2) is 37.7 Å². The van der Waals surface area contributed by atoms with Gasteiger partial charge >= 0.3 is 0 Å². The van der Waals surface area contributed by atoms with E-state index in [1.165, 1.54) is 31.4 Å². The predicted molar refractivity (Wildman–Crippen MR) is 83.8 cm³/mol. The smallest absolute Gasteiger partial charge is 0.161 e. The monoisotopic (exact) mass is 290 g/mol. The zero-order valence-electron chi connectivity index (χ0n) is 12.9. The maximum absolute atomic E-state index is 6.04. The van der Waals surface area contributed by atoms with Crippen LogP contribution < -0.4 is 15.2 Å². The Hall–Kier alpha value is -1.26. The van der Waals surface area contributed by atoms with Gasteiger partial charge in [0.2, 0.25) is 0 Å². The fraction of sp³-hybridized carbons (Fsp3) is 0.647. The van der Waals surface area contributed by atoms with E-state index in [2.05, 4.69) is 30.0 Å². The van der Waals surface area contributed by atoms with Crippen LogP contribution in [0.5, 0.6) is 11.5 Å². The molecule has 0 amide bonds. The van der Waals surface area contributed by atoms with Crippen molar-refractivity contribution in [3.05, 3.63) is 23.8 Å². The van der Waals surface area contributed by atoms with Crippen LogP contribution in [0.4, 0.5) is 0 Å². The molecular weight excluding hydrogens is 264 g/mol. The highest BCUT2D eigenvalue weighted by Crippen LogP contribution is 2.39. The van der Waals surface area contributed by atoms with Crippen molar-refractivity contribution >= 4 is 0 Å². The number of rotatable bonds is 4. The third kappa shape index (κ3) is 3.01. The molecule has 2 aliphatic heterocycles. The van der Waals surface area contributed by atoms with E-state index in [-0.39, 0.29) is 0 Å². The van der Waals surface area contributed by atoms with Gasteiger partial charge in [-0.3, -0.25) is 4.90 Å². The molecule has 2 N–H and O–H groups in total. The largest absolute Gasteiger partial charge is 0.486 e. The van der Waals surface area contributed by atoms with Gasteiger partial charge in [-0.15, -0.1) is 0 Å². The van der Waals surface area contributed by atoms with Crippen molar-refractivity contribution < 1.29 is 9.47 Å². The van der Waals surface area contributed by atoms with Gasteiger partial charge in [0.05, 0.1) is 0 Å². The summed E-state index contributed by atoms with van der Waals surface area (Å²) in [6, 6.07) is 6.82. The second-order valence-electron chi connectivity index (χ2n) is 6.02. The molecule has 21 heavy (non-hydrogen) atoms. The summed E-state index contributed by atoms with van der Waals surface area (Å²) < 4.78 is 11.4. The van der Waals surface area contributed by atoms with Gasteiger partial charge in [-0.2, -0.15) is 0 Å². The number of fused-ring (bicyclic) bond motifs is 1. The van der Waals surface area contributed by atoms with Gasteiger partial charge in [-0.05, 0) is 62.5 Å². The third-order valence-electron chi connectivity index (χ3n) is 4.58. The molecule has 0 bridgehead atoms. The lowest BCUT2D eigenvalue weighted by Gasteiger charge is -2.41. The number of hydrogen-bond donors (Lipinski definition) is 1. The number of hydrogen-bond acceptors (Lipinski definition) is 4. The van der Waals surface area contributed by atoms with E-state index in [0.29, 0.717) is 25.2 Å². The highest BCUT2D eigenvalue weighted by molar-refractivity contribution is 5.45. The molecule has 116 valence electrons. The molecule has 2 atom stereocenters. The van der Waals surface area contributed by atoms with E-state index < -0.39 is 0 Å². The topological polar surface area (TPSA) is 47.7 Å². The Morgan fingerprint density at radius 2 is 2.05 bits per heavy atom. The summed E-state index contributed by atoms with van der Waals surface area (Å²) in [4.78, 5) is 2.59. The first-order valence-corrected chi connectivity index (χ1v) is 8.17. The molecule has 0 aliphatic carbocycles. The molecule has 4 nitrogen and oxygen atoms in total. The number of benzene rings is 1. The van der Waals surface area contributed by atoms with Crippen LogP contribution in [0, 0.1) is 5.92 Å². The number of piperidine rings is 1. The van der Waals surface area contributed by atoms with E-state index in [1.807, 2.05) is 0 Å². The highest BCUT2D eigenvalue weighted by Gasteiger charge is 2.32. The van der Waals surface area contributed by atoms with Gasteiger partial charge < -0.3 is 15.2 Å². The molecule has 2 aliphatic rings. The molecule has 1 fully saturated rings. The summed E-state index contributed by atoms with van der Waals surface area (Å²) in [6.07, 6.45) is 3.65. The normalized spacial score (nSPS) is 25.8. The molecule has 2 heterocycles. The van der Waals surface area contributed by atoms with Gasteiger partial charge in [0.1, 0.15) is 13.2 Å². The summed E-state index contributed by atoms with van der Waals surface area (Å²) in [7, 11) is 0. The summed E-state index contributed by atoms with van der Waals surface area (Å²) in [5, 5.41) is 0. The average molecular weight is 290 g/mol. The molecule has 3 rings (SSSR count). The molecule has 0 spiro atoms. The summed E-state index contributed by atoms with van der Waals surface area (Å²) in [5.74, 6) is 2.29. The van der Waals surface area contributed by atoms with Crippen molar-refractivity contribution in [2.45, 2.75) is 32.2 Å². The highest BCUT2D eigenvalue weighted by atomic mass is 16.6. The van der Waals surface area contributed by atoms with Crippen LogP contribution in [0.15, 0.2) is 18.2 Å². The first-order chi connectivity index (χ1) is 10.3. The van der Waals surface area contributed by atoms with E-state index in [9.17, 15) is 0 Å². The molecular formula is C17H26N2O2. The zero-order chi connectivity index (χ0) is 14.7. The second kappa shape index (κ2) is 6.67. The van der Waals surface area contributed by atoms with Gasteiger partial charge in [0.25, 0.3) is 0 Å². The van der Waals surface area contributed by atoms with Gasteiger partial charge in [0.15, 0.2) is 11.5 Å². The number of nitrogens with two attached hydrogens (primary N) is 1. The molecule has 2 unspecified atom stereocenters. The van der Waals surface area contributed by atoms with Crippen LogP contribution in [0.1, 0.15) is 37.8 Å². The van der Waals surface area contributed by atoms with Crippen molar-refractivity contribution in [1.82, 2.24) is 4.90 Å². The molecule has 1 aromatic carbocycles. The quantitative estimate of drug-likeness (QED) is 0.926. The van der Waals surface area contributed by atoms with Crippen molar-refractivity contribution in [1.29, 1.82) is 0 Å². The van der Waals surface area contributed by atoms with Crippen LogP contribution in [0.2, 0.25) is 0 Å². The van der Waals surface area contributed by atoms with Crippen molar-refractivity contribution in [3.63, 3.8) is 0 Å². The van der Waals surface area contributed by atoms with Crippen LogP contribution >= 0.6 is 0 Å². The summed E-state index contributed by atoms with van der Waals surface area (Å²) >= 11 is 0. The molecule has 0 saturated carbocycles. The maximum Gasteiger partial charge on any atom is 0.161 e. The predicted octanol–water partition coefficient (Wildman–Crippen LogP) is 2.58. The summed E-state index contributed by atoms with van der Waals surface area (Å²) in [6.45, 7) is 6.58. The fourth-order valence-electron chi connectivity index (χ4n) is 3.66. The Kier molecular flexibility index (Phi) is 4.66. The van der Waals surface area contributed by atoms with Crippen molar-refractivity contribution in [2.75, 3.05) is 32.8 Å². The van der Waals surface area contributed by atoms with Crippen LogP contribution in [0.25, 0.3) is 0 Å².